The lowest BCUT2D eigenvalue weighted by molar-refractivity contribution is -0.138. The van der Waals surface area contributed by atoms with Crippen molar-refractivity contribution in [3.63, 3.8) is 0 Å². The van der Waals surface area contributed by atoms with Crippen molar-refractivity contribution in [2.75, 3.05) is 19.6 Å². The van der Waals surface area contributed by atoms with Crippen LogP contribution in [0, 0.1) is 0 Å². The summed E-state index contributed by atoms with van der Waals surface area (Å²) in [5.41, 5.74) is -1.47. The number of fused-ring (bicyclic) bond motifs is 3. The number of unbranched alkanes of at least 4 members (excludes halogenated alkanes) is 2. The molecule has 0 unspecified atom stereocenters. The summed E-state index contributed by atoms with van der Waals surface area (Å²) in [5, 5.41) is 11.9. The van der Waals surface area contributed by atoms with Gasteiger partial charge in [-0.1, -0.05) is 38.8 Å². The van der Waals surface area contributed by atoms with Crippen LogP contribution in [0.25, 0.3) is 21.5 Å². The van der Waals surface area contributed by atoms with Crippen LogP contribution in [0.15, 0.2) is 42.5 Å². The zero-order chi connectivity index (χ0) is 25.1. The minimum absolute atomic E-state index is 0.0427. The summed E-state index contributed by atoms with van der Waals surface area (Å²) < 4.78 is 80.2. The Morgan fingerprint density at radius 2 is 1.26 bits per heavy atom. The Labute approximate surface area is 195 Å². The van der Waals surface area contributed by atoms with Crippen LogP contribution in [0.5, 0.6) is 0 Å². The number of alkyl halides is 6. The maximum absolute atomic E-state index is 13.4. The summed E-state index contributed by atoms with van der Waals surface area (Å²) in [7, 11) is 0. The summed E-state index contributed by atoms with van der Waals surface area (Å²) in [4.78, 5) is 2.13. The van der Waals surface area contributed by atoms with E-state index in [1.54, 1.807) is 6.07 Å². The maximum Gasteiger partial charge on any atom is 0.416 e. The highest BCUT2D eigenvalue weighted by Crippen LogP contribution is 2.39. The molecule has 0 radical (unpaired) electrons. The van der Waals surface area contributed by atoms with Gasteiger partial charge in [-0.15, -0.1) is 0 Å². The van der Waals surface area contributed by atoms with Gasteiger partial charge in [0.25, 0.3) is 0 Å². The van der Waals surface area contributed by atoms with Gasteiger partial charge < -0.3 is 10.0 Å². The zero-order valence-corrected chi connectivity index (χ0v) is 19.2. The summed E-state index contributed by atoms with van der Waals surface area (Å²) >= 11 is 0. The van der Waals surface area contributed by atoms with Gasteiger partial charge in [0.15, 0.2) is 0 Å². The monoisotopic (exact) mass is 485 g/mol. The summed E-state index contributed by atoms with van der Waals surface area (Å²) in [5.74, 6) is 0. The third-order valence-electron chi connectivity index (χ3n) is 6.09. The molecule has 8 heteroatoms. The first-order valence-electron chi connectivity index (χ1n) is 11.5. The summed E-state index contributed by atoms with van der Waals surface area (Å²) in [6.07, 6.45) is -6.40. The van der Waals surface area contributed by atoms with Crippen molar-refractivity contribution >= 4 is 21.5 Å². The molecule has 1 atom stereocenters. The van der Waals surface area contributed by atoms with E-state index in [4.69, 9.17) is 0 Å². The van der Waals surface area contributed by atoms with Gasteiger partial charge in [-0.25, -0.2) is 0 Å². The van der Waals surface area contributed by atoms with Crippen LogP contribution in [0.1, 0.15) is 62.3 Å². The second kappa shape index (κ2) is 10.5. The molecule has 3 rings (SSSR count). The lowest BCUT2D eigenvalue weighted by Gasteiger charge is -2.26. The van der Waals surface area contributed by atoms with Crippen molar-refractivity contribution in [2.45, 2.75) is 58.0 Å². The molecule has 0 spiro atoms. The lowest BCUT2D eigenvalue weighted by atomic mass is 9.92. The highest BCUT2D eigenvalue weighted by molar-refractivity contribution is 6.09. The van der Waals surface area contributed by atoms with Gasteiger partial charge in [0.05, 0.1) is 17.2 Å². The van der Waals surface area contributed by atoms with Crippen LogP contribution >= 0.6 is 0 Å². The third-order valence-corrected chi connectivity index (χ3v) is 6.09. The number of hydrogen-bond donors (Lipinski definition) is 1. The molecule has 34 heavy (non-hydrogen) atoms. The van der Waals surface area contributed by atoms with E-state index in [2.05, 4.69) is 18.7 Å². The van der Waals surface area contributed by atoms with E-state index in [1.165, 1.54) is 12.1 Å². The molecule has 3 aromatic rings. The van der Waals surface area contributed by atoms with Crippen molar-refractivity contribution in [3.8, 4) is 0 Å². The van der Waals surface area contributed by atoms with Crippen LogP contribution < -0.4 is 0 Å². The molecule has 0 heterocycles. The molecule has 3 aromatic carbocycles. The van der Waals surface area contributed by atoms with Crippen molar-refractivity contribution in [3.05, 3.63) is 59.2 Å². The van der Waals surface area contributed by atoms with E-state index in [0.29, 0.717) is 22.9 Å². The Morgan fingerprint density at radius 1 is 0.735 bits per heavy atom. The Bertz CT molecular complexity index is 1110. The maximum atomic E-state index is 13.4. The van der Waals surface area contributed by atoms with Crippen LogP contribution in [0.4, 0.5) is 26.3 Å². The van der Waals surface area contributed by atoms with Crippen molar-refractivity contribution in [2.24, 2.45) is 0 Å². The van der Waals surface area contributed by atoms with Gasteiger partial charge in [0.1, 0.15) is 0 Å². The molecular formula is C26H29F6NO. The number of hydrogen-bond acceptors (Lipinski definition) is 2. The predicted molar refractivity (Wildman–Crippen MR) is 123 cm³/mol. The average Bonchev–Trinajstić information content (AvgIpc) is 2.78. The Morgan fingerprint density at radius 3 is 1.79 bits per heavy atom. The number of halogens is 6. The smallest absolute Gasteiger partial charge is 0.387 e. The molecular weight excluding hydrogens is 456 g/mol. The van der Waals surface area contributed by atoms with Gasteiger partial charge >= 0.3 is 12.4 Å². The molecule has 0 amide bonds. The quantitative estimate of drug-likeness (QED) is 0.245. The topological polar surface area (TPSA) is 23.5 Å². The molecule has 0 saturated carbocycles. The van der Waals surface area contributed by atoms with E-state index in [9.17, 15) is 31.4 Å². The molecule has 0 fully saturated rings. The molecule has 186 valence electrons. The van der Waals surface area contributed by atoms with Crippen LogP contribution in [-0.4, -0.2) is 29.6 Å². The largest absolute Gasteiger partial charge is 0.416 e. The fourth-order valence-corrected chi connectivity index (χ4v) is 4.21. The lowest BCUT2D eigenvalue weighted by Crippen LogP contribution is -2.30. The third kappa shape index (κ3) is 6.02. The van der Waals surface area contributed by atoms with Crippen LogP contribution in [0.3, 0.4) is 0 Å². The van der Waals surface area contributed by atoms with Crippen molar-refractivity contribution in [1.82, 2.24) is 4.90 Å². The summed E-state index contributed by atoms with van der Waals surface area (Å²) in [6, 6.07) is 7.66. The molecule has 2 nitrogen and oxygen atoms in total. The van der Waals surface area contributed by atoms with E-state index in [-0.39, 0.29) is 10.8 Å². The first-order valence-corrected chi connectivity index (χ1v) is 11.5. The minimum Gasteiger partial charge on any atom is -0.387 e. The van der Waals surface area contributed by atoms with E-state index >= 15 is 0 Å². The normalized spacial score (nSPS) is 13.8. The first-order chi connectivity index (χ1) is 16.0. The standard InChI is InChI=1S/C26H29F6NO/c1-3-5-11-33(12-6-4-2)16-24(34)23-13-17-7-8-18(25(27,28)29)14-21(17)22-15-19(26(30,31)32)9-10-20(22)23/h7-10,13-15,24,34H,3-6,11-12,16H2,1-2H3/t24-/m0/s1. The van der Waals surface area contributed by atoms with E-state index in [1.807, 2.05) is 0 Å². The van der Waals surface area contributed by atoms with Gasteiger partial charge in [-0.3, -0.25) is 0 Å². The number of nitrogens with zero attached hydrogens (tertiary/aromatic N) is 1. The molecule has 0 aliphatic carbocycles. The van der Waals surface area contributed by atoms with Crippen molar-refractivity contribution < 1.29 is 31.4 Å². The SMILES string of the molecule is CCCCN(CCCC)C[C@H](O)c1cc2ccc(C(F)(F)F)cc2c2cc(C(F)(F)F)ccc12. The van der Waals surface area contributed by atoms with Gasteiger partial charge in [-0.05, 0) is 83.4 Å². The second-order valence-corrected chi connectivity index (χ2v) is 8.68. The number of aliphatic hydroxyl groups excluding tert-OH is 1. The fourth-order valence-electron chi connectivity index (χ4n) is 4.21. The second-order valence-electron chi connectivity index (χ2n) is 8.68. The molecule has 0 saturated heterocycles. The summed E-state index contributed by atoms with van der Waals surface area (Å²) in [6.45, 7) is 6.00. The molecule has 0 aromatic heterocycles. The van der Waals surface area contributed by atoms with Crippen LogP contribution in [0.2, 0.25) is 0 Å². The van der Waals surface area contributed by atoms with E-state index in [0.717, 1.165) is 63.0 Å². The highest BCUT2D eigenvalue weighted by Gasteiger charge is 2.33. The molecule has 0 aliphatic rings. The predicted octanol–water partition coefficient (Wildman–Crippen LogP) is 7.97. The van der Waals surface area contributed by atoms with Crippen molar-refractivity contribution in [1.29, 1.82) is 0 Å². The van der Waals surface area contributed by atoms with Crippen LogP contribution in [-0.2, 0) is 12.4 Å². The average molecular weight is 486 g/mol. The Hall–Kier alpha value is -2.32. The zero-order valence-electron chi connectivity index (χ0n) is 19.2. The Balaban J connectivity index is 2.15. The minimum atomic E-state index is -4.64. The number of benzene rings is 3. The van der Waals surface area contributed by atoms with E-state index < -0.39 is 29.6 Å². The Kier molecular flexibility index (Phi) is 8.14. The number of aliphatic hydroxyl groups is 1. The highest BCUT2D eigenvalue weighted by atomic mass is 19.4. The van der Waals surface area contributed by atoms with Gasteiger partial charge in [0.2, 0.25) is 0 Å². The van der Waals surface area contributed by atoms with Gasteiger partial charge in [-0.2, -0.15) is 26.3 Å². The molecule has 0 aliphatic heterocycles. The van der Waals surface area contributed by atoms with Gasteiger partial charge in [0, 0.05) is 6.54 Å². The number of rotatable bonds is 9. The first kappa shape index (κ1) is 26.3. The fraction of sp³-hybridized carbons (Fsp3) is 0.462. The molecule has 1 N–H and O–H groups in total. The molecule has 0 bridgehead atoms.